The van der Waals surface area contributed by atoms with Gasteiger partial charge in [0.1, 0.15) is 0 Å². The fourth-order valence-electron chi connectivity index (χ4n) is 3.47. The third kappa shape index (κ3) is 3.69. The molecule has 0 spiro atoms. The standard InChI is InChI=1S/C15H29NO/c1-3-5-13-8-9-14(17)10-15(13)16(4-2)11-12-6-7-12/h12-15,17H,3-11H2,1-2H3. The Morgan fingerprint density at radius 3 is 2.47 bits per heavy atom. The molecule has 0 bridgehead atoms. The second-order valence-electron chi connectivity index (χ2n) is 6.11. The van der Waals surface area contributed by atoms with Gasteiger partial charge in [0.25, 0.3) is 0 Å². The molecule has 0 aromatic carbocycles. The van der Waals surface area contributed by atoms with Crippen LogP contribution in [0.5, 0.6) is 0 Å². The van der Waals surface area contributed by atoms with Crippen LogP contribution in [0, 0.1) is 11.8 Å². The number of hydrogen-bond acceptors (Lipinski definition) is 2. The van der Waals surface area contributed by atoms with Crippen molar-refractivity contribution < 1.29 is 5.11 Å². The van der Waals surface area contributed by atoms with E-state index in [1.165, 1.54) is 38.6 Å². The summed E-state index contributed by atoms with van der Waals surface area (Å²) in [6.45, 7) is 7.02. The molecule has 0 heterocycles. The van der Waals surface area contributed by atoms with Gasteiger partial charge >= 0.3 is 0 Å². The fraction of sp³-hybridized carbons (Fsp3) is 1.00. The Balaban J connectivity index is 1.94. The highest BCUT2D eigenvalue weighted by molar-refractivity contribution is 4.89. The summed E-state index contributed by atoms with van der Waals surface area (Å²) in [5, 5.41) is 9.93. The van der Waals surface area contributed by atoms with Gasteiger partial charge in [0.15, 0.2) is 0 Å². The van der Waals surface area contributed by atoms with Crippen molar-refractivity contribution in [2.45, 2.75) is 70.9 Å². The van der Waals surface area contributed by atoms with Gasteiger partial charge < -0.3 is 10.0 Å². The molecule has 2 aliphatic carbocycles. The summed E-state index contributed by atoms with van der Waals surface area (Å²) in [6.07, 6.45) is 8.75. The van der Waals surface area contributed by atoms with E-state index in [-0.39, 0.29) is 6.10 Å². The number of aliphatic hydroxyl groups excluding tert-OH is 1. The van der Waals surface area contributed by atoms with Crippen molar-refractivity contribution in [3.63, 3.8) is 0 Å². The molecule has 0 aromatic rings. The molecular weight excluding hydrogens is 210 g/mol. The van der Waals surface area contributed by atoms with Gasteiger partial charge in [-0.2, -0.15) is 0 Å². The molecule has 3 atom stereocenters. The number of nitrogens with zero attached hydrogens (tertiary/aromatic N) is 1. The van der Waals surface area contributed by atoms with E-state index in [4.69, 9.17) is 0 Å². The Kier molecular flexibility index (Phi) is 4.87. The van der Waals surface area contributed by atoms with Gasteiger partial charge in [-0.1, -0.05) is 20.3 Å². The average molecular weight is 239 g/mol. The Hall–Kier alpha value is -0.0800. The summed E-state index contributed by atoms with van der Waals surface area (Å²) < 4.78 is 0. The van der Waals surface area contributed by atoms with Crippen LogP contribution in [0.1, 0.15) is 58.8 Å². The molecule has 2 rings (SSSR count). The molecule has 17 heavy (non-hydrogen) atoms. The molecule has 100 valence electrons. The lowest BCUT2D eigenvalue weighted by Crippen LogP contribution is -2.46. The molecule has 0 aromatic heterocycles. The lowest BCUT2D eigenvalue weighted by atomic mass is 9.79. The van der Waals surface area contributed by atoms with Crippen LogP contribution in [-0.4, -0.2) is 35.2 Å². The van der Waals surface area contributed by atoms with Crippen molar-refractivity contribution in [2.75, 3.05) is 13.1 Å². The molecule has 2 saturated carbocycles. The topological polar surface area (TPSA) is 23.5 Å². The minimum Gasteiger partial charge on any atom is -0.393 e. The third-order valence-corrected chi connectivity index (χ3v) is 4.65. The van der Waals surface area contributed by atoms with Gasteiger partial charge in [-0.25, -0.2) is 0 Å². The molecule has 0 saturated heterocycles. The molecule has 0 amide bonds. The average Bonchev–Trinajstić information content (AvgIpc) is 3.13. The molecule has 2 heteroatoms. The highest BCUT2D eigenvalue weighted by atomic mass is 16.3. The number of rotatable bonds is 6. The van der Waals surface area contributed by atoms with E-state index in [2.05, 4.69) is 18.7 Å². The summed E-state index contributed by atoms with van der Waals surface area (Å²) in [5.74, 6) is 1.80. The molecule has 2 fully saturated rings. The van der Waals surface area contributed by atoms with Crippen LogP contribution in [0.15, 0.2) is 0 Å². The lowest BCUT2D eigenvalue weighted by molar-refractivity contribution is 0.0239. The highest BCUT2D eigenvalue weighted by Crippen LogP contribution is 2.35. The Labute approximate surface area is 106 Å². The highest BCUT2D eigenvalue weighted by Gasteiger charge is 2.35. The summed E-state index contributed by atoms with van der Waals surface area (Å²) in [7, 11) is 0. The van der Waals surface area contributed by atoms with E-state index in [1.54, 1.807) is 0 Å². The first-order valence-electron chi connectivity index (χ1n) is 7.66. The first-order valence-corrected chi connectivity index (χ1v) is 7.66. The predicted octanol–water partition coefficient (Wildman–Crippen LogP) is 3.05. The molecule has 3 unspecified atom stereocenters. The monoisotopic (exact) mass is 239 g/mol. The summed E-state index contributed by atoms with van der Waals surface area (Å²) in [5.41, 5.74) is 0. The van der Waals surface area contributed by atoms with Gasteiger partial charge in [0, 0.05) is 12.6 Å². The van der Waals surface area contributed by atoms with Crippen molar-refractivity contribution >= 4 is 0 Å². The van der Waals surface area contributed by atoms with Crippen LogP contribution in [0.4, 0.5) is 0 Å². The molecule has 0 aliphatic heterocycles. The van der Waals surface area contributed by atoms with E-state index in [0.717, 1.165) is 31.2 Å². The van der Waals surface area contributed by atoms with E-state index < -0.39 is 0 Å². The van der Waals surface area contributed by atoms with Gasteiger partial charge in [-0.05, 0) is 56.9 Å². The van der Waals surface area contributed by atoms with Crippen LogP contribution in [0.3, 0.4) is 0 Å². The second-order valence-corrected chi connectivity index (χ2v) is 6.11. The van der Waals surface area contributed by atoms with Crippen LogP contribution < -0.4 is 0 Å². The smallest absolute Gasteiger partial charge is 0.0555 e. The van der Waals surface area contributed by atoms with Gasteiger partial charge in [0.2, 0.25) is 0 Å². The molecule has 2 aliphatic rings. The quantitative estimate of drug-likeness (QED) is 0.770. The molecule has 2 nitrogen and oxygen atoms in total. The zero-order valence-corrected chi connectivity index (χ0v) is 11.6. The van der Waals surface area contributed by atoms with Gasteiger partial charge in [-0.3, -0.25) is 0 Å². The van der Waals surface area contributed by atoms with Crippen LogP contribution in [0.25, 0.3) is 0 Å². The van der Waals surface area contributed by atoms with Crippen molar-refractivity contribution in [2.24, 2.45) is 11.8 Å². The first kappa shape index (κ1) is 13.4. The van der Waals surface area contributed by atoms with Crippen molar-refractivity contribution in [3.8, 4) is 0 Å². The molecule has 0 radical (unpaired) electrons. The van der Waals surface area contributed by atoms with Crippen LogP contribution in [0.2, 0.25) is 0 Å². The van der Waals surface area contributed by atoms with Crippen molar-refractivity contribution in [1.82, 2.24) is 4.90 Å². The van der Waals surface area contributed by atoms with E-state index in [9.17, 15) is 5.11 Å². The Morgan fingerprint density at radius 1 is 1.12 bits per heavy atom. The second kappa shape index (κ2) is 6.19. The normalized spacial score (nSPS) is 34.2. The summed E-state index contributed by atoms with van der Waals surface area (Å²) in [4.78, 5) is 2.67. The first-order chi connectivity index (χ1) is 8.24. The third-order valence-electron chi connectivity index (χ3n) is 4.65. The zero-order chi connectivity index (χ0) is 12.3. The minimum atomic E-state index is -0.0404. The lowest BCUT2D eigenvalue weighted by Gasteiger charge is -2.41. The largest absolute Gasteiger partial charge is 0.393 e. The van der Waals surface area contributed by atoms with Crippen molar-refractivity contribution in [1.29, 1.82) is 0 Å². The summed E-state index contributed by atoms with van der Waals surface area (Å²) >= 11 is 0. The van der Waals surface area contributed by atoms with Crippen LogP contribution in [-0.2, 0) is 0 Å². The van der Waals surface area contributed by atoms with Gasteiger partial charge in [0.05, 0.1) is 6.10 Å². The zero-order valence-electron chi connectivity index (χ0n) is 11.6. The van der Waals surface area contributed by atoms with E-state index in [1.807, 2.05) is 0 Å². The molecular formula is C15H29NO. The number of hydrogen-bond donors (Lipinski definition) is 1. The summed E-state index contributed by atoms with van der Waals surface area (Å²) in [6, 6.07) is 0.657. The maximum absolute atomic E-state index is 9.93. The number of aliphatic hydroxyl groups is 1. The minimum absolute atomic E-state index is 0.0404. The maximum Gasteiger partial charge on any atom is 0.0555 e. The predicted molar refractivity (Wildman–Crippen MR) is 72.0 cm³/mol. The van der Waals surface area contributed by atoms with Crippen LogP contribution >= 0.6 is 0 Å². The van der Waals surface area contributed by atoms with Gasteiger partial charge in [-0.15, -0.1) is 0 Å². The molecule has 1 N–H and O–H groups in total. The Morgan fingerprint density at radius 2 is 1.88 bits per heavy atom. The maximum atomic E-state index is 9.93. The SMILES string of the molecule is CCCC1CCC(O)CC1N(CC)CC1CC1. The van der Waals surface area contributed by atoms with E-state index in [0.29, 0.717) is 6.04 Å². The fourth-order valence-corrected chi connectivity index (χ4v) is 3.47. The Bertz CT molecular complexity index is 227. The van der Waals surface area contributed by atoms with Crippen molar-refractivity contribution in [3.05, 3.63) is 0 Å². The van der Waals surface area contributed by atoms with E-state index >= 15 is 0 Å².